The molecule has 0 spiro atoms. The maximum absolute atomic E-state index is 13.9. The summed E-state index contributed by atoms with van der Waals surface area (Å²) in [5, 5.41) is 9.49. The van der Waals surface area contributed by atoms with Crippen molar-refractivity contribution in [1.29, 1.82) is 0 Å². The highest BCUT2D eigenvalue weighted by molar-refractivity contribution is 8.00. The van der Waals surface area contributed by atoms with E-state index in [0.717, 1.165) is 17.0 Å². The van der Waals surface area contributed by atoms with Crippen molar-refractivity contribution < 1.29 is 13.9 Å². The van der Waals surface area contributed by atoms with Gasteiger partial charge in [0.15, 0.2) is 22.5 Å². The van der Waals surface area contributed by atoms with Crippen molar-refractivity contribution in [3.8, 4) is 5.75 Å². The maximum Gasteiger partial charge on any atom is 0.237 e. The van der Waals surface area contributed by atoms with Gasteiger partial charge in [-0.05, 0) is 30.7 Å². The van der Waals surface area contributed by atoms with Crippen LogP contribution < -0.4 is 9.64 Å². The second-order valence-electron chi connectivity index (χ2n) is 7.54. The Bertz CT molecular complexity index is 1140. The summed E-state index contributed by atoms with van der Waals surface area (Å²) in [6.07, 6.45) is 2.66. The molecule has 0 N–H and O–H groups in total. The zero-order valence-corrected chi connectivity index (χ0v) is 19.9. The fourth-order valence-electron chi connectivity index (χ4n) is 3.50. The molecule has 172 valence electrons. The molecule has 33 heavy (non-hydrogen) atoms. The number of allylic oxidation sites excluding steroid dienone is 1. The number of carbonyl (C=O) groups excluding carboxylic acids is 1. The Hall–Kier alpha value is -2.78. The minimum Gasteiger partial charge on any atom is -0.483 e. The number of amides is 1. The fraction of sp³-hybridized carbons (Fsp3) is 0.292. The van der Waals surface area contributed by atoms with Crippen LogP contribution in [0.1, 0.15) is 19.2 Å². The van der Waals surface area contributed by atoms with Crippen LogP contribution in [-0.4, -0.2) is 38.2 Å². The van der Waals surface area contributed by atoms with Crippen molar-refractivity contribution in [3.63, 3.8) is 0 Å². The lowest BCUT2D eigenvalue weighted by Gasteiger charge is -2.22. The van der Waals surface area contributed by atoms with E-state index in [9.17, 15) is 9.18 Å². The van der Waals surface area contributed by atoms with Gasteiger partial charge in [0.1, 0.15) is 6.61 Å². The lowest BCUT2D eigenvalue weighted by atomic mass is 10.2. The van der Waals surface area contributed by atoms with E-state index in [2.05, 4.69) is 29.8 Å². The summed E-state index contributed by atoms with van der Waals surface area (Å²) >= 11 is 3.14. The average Bonchev–Trinajstić information content (AvgIpc) is 3.10. The maximum atomic E-state index is 13.9. The van der Waals surface area contributed by atoms with Gasteiger partial charge in [-0.3, -0.25) is 9.36 Å². The summed E-state index contributed by atoms with van der Waals surface area (Å²) in [4.78, 5) is 16.2. The summed E-state index contributed by atoms with van der Waals surface area (Å²) in [5.74, 6) is 0.522. The van der Waals surface area contributed by atoms with Gasteiger partial charge in [-0.1, -0.05) is 49.0 Å². The Morgan fingerprint density at radius 2 is 2.06 bits per heavy atom. The van der Waals surface area contributed by atoms with Gasteiger partial charge in [0.25, 0.3) is 0 Å². The molecule has 0 fully saturated rings. The summed E-state index contributed by atoms with van der Waals surface area (Å²) < 4.78 is 21.3. The third kappa shape index (κ3) is 5.59. The highest BCUT2D eigenvalue weighted by Crippen LogP contribution is 2.37. The summed E-state index contributed by atoms with van der Waals surface area (Å²) in [5.41, 5.74) is 0.962. The predicted octanol–water partition coefficient (Wildman–Crippen LogP) is 5.19. The number of halogens is 1. The number of aromatic nitrogens is 3. The minimum absolute atomic E-state index is 0.0273. The van der Waals surface area contributed by atoms with E-state index in [0.29, 0.717) is 29.3 Å². The Kier molecular flexibility index (Phi) is 7.72. The first kappa shape index (κ1) is 23.4. The molecular weight excluding hydrogens is 459 g/mol. The number of ether oxygens (including phenoxy) is 1. The second kappa shape index (κ2) is 10.9. The molecule has 4 rings (SSSR count). The highest BCUT2D eigenvalue weighted by atomic mass is 32.2. The first-order chi connectivity index (χ1) is 16.1. The zero-order chi connectivity index (χ0) is 23.2. The molecule has 0 unspecified atom stereocenters. The molecule has 1 atom stereocenters. The zero-order valence-electron chi connectivity index (χ0n) is 18.3. The van der Waals surface area contributed by atoms with Gasteiger partial charge in [-0.25, -0.2) is 4.39 Å². The number of carbonyl (C=O) groups is 1. The van der Waals surface area contributed by atoms with Crippen molar-refractivity contribution in [2.45, 2.75) is 41.8 Å². The molecule has 6 nitrogen and oxygen atoms in total. The van der Waals surface area contributed by atoms with E-state index in [1.54, 1.807) is 36.0 Å². The van der Waals surface area contributed by atoms with Gasteiger partial charge >= 0.3 is 0 Å². The Labute approximate surface area is 201 Å². The molecule has 1 aliphatic heterocycles. The molecule has 0 saturated carbocycles. The van der Waals surface area contributed by atoms with Gasteiger partial charge in [0, 0.05) is 23.2 Å². The van der Waals surface area contributed by atoms with Crippen molar-refractivity contribution >= 4 is 35.1 Å². The number of fused-ring (bicyclic) bond motifs is 1. The van der Waals surface area contributed by atoms with E-state index in [1.165, 1.54) is 17.8 Å². The van der Waals surface area contributed by atoms with Crippen LogP contribution in [0.25, 0.3) is 0 Å². The smallest absolute Gasteiger partial charge is 0.237 e. The van der Waals surface area contributed by atoms with Crippen LogP contribution >= 0.6 is 23.5 Å². The number of anilines is 1. The summed E-state index contributed by atoms with van der Waals surface area (Å²) in [6, 6.07) is 14.3. The van der Waals surface area contributed by atoms with Gasteiger partial charge in [-0.2, -0.15) is 0 Å². The highest BCUT2D eigenvalue weighted by Gasteiger charge is 2.25. The first-order valence-corrected chi connectivity index (χ1v) is 12.5. The average molecular weight is 485 g/mol. The molecule has 2 aromatic carbocycles. The van der Waals surface area contributed by atoms with Crippen molar-refractivity contribution in [2.75, 3.05) is 17.2 Å². The van der Waals surface area contributed by atoms with Crippen LogP contribution in [0.2, 0.25) is 0 Å². The number of hydrogen-bond acceptors (Lipinski definition) is 6. The molecule has 0 radical (unpaired) electrons. The molecule has 0 aliphatic carbocycles. The number of benzene rings is 2. The van der Waals surface area contributed by atoms with E-state index >= 15 is 0 Å². The van der Waals surface area contributed by atoms with Crippen molar-refractivity contribution in [3.05, 3.63) is 72.8 Å². The topological polar surface area (TPSA) is 60.2 Å². The number of rotatable bonds is 8. The van der Waals surface area contributed by atoms with E-state index in [1.807, 2.05) is 27.7 Å². The first-order valence-electron chi connectivity index (χ1n) is 10.7. The quantitative estimate of drug-likeness (QED) is 0.324. The Balaban J connectivity index is 1.45. The lowest BCUT2D eigenvalue weighted by molar-refractivity contribution is -0.116. The molecule has 0 bridgehead atoms. The van der Waals surface area contributed by atoms with Crippen LogP contribution in [-0.2, 0) is 17.9 Å². The standard InChI is InChI=1S/C24H25FN4O2S2/c1-3-13-29-22(15-31-20-10-6-4-8-18(20)25)26-27-24(29)32-16-23(30)28-14-12-17(2)33-21-11-7-5-9-19(21)28/h3-11,17H,1,12-16H2,2H3/t17-/m1/s1. The normalized spacial score (nSPS) is 15.6. The van der Waals surface area contributed by atoms with Gasteiger partial charge in [0.05, 0.1) is 11.4 Å². The van der Waals surface area contributed by atoms with Gasteiger partial charge in [0.2, 0.25) is 5.91 Å². The van der Waals surface area contributed by atoms with Gasteiger partial charge in [-0.15, -0.1) is 28.5 Å². The van der Waals surface area contributed by atoms with Crippen LogP contribution in [0.3, 0.4) is 0 Å². The van der Waals surface area contributed by atoms with Crippen molar-refractivity contribution in [1.82, 2.24) is 14.8 Å². The SMILES string of the molecule is C=CCn1c(COc2ccccc2F)nnc1SCC(=O)N1CC[C@@H](C)Sc2ccccc21. The molecule has 1 aromatic heterocycles. The molecular formula is C24H25FN4O2S2. The number of nitrogens with zero attached hydrogens (tertiary/aromatic N) is 4. The fourth-order valence-corrected chi connectivity index (χ4v) is 5.45. The Morgan fingerprint density at radius 3 is 2.88 bits per heavy atom. The number of thioether (sulfide) groups is 2. The van der Waals surface area contributed by atoms with Gasteiger partial charge < -0.3 is 9.64 Å². The molecule has 1 aliphatic rings. The van der Waals surface area contributed by atoms with E-state index < -0.39 is 5.82 Å². The van der Waals surface area contributed by atoms with Crippen LogP contribution in [0.4, 0.5) is 10.1 Å². The molecule has 2 heterocycles. The monoisotopic (exact) mass is 484 g/mol. The van der Waals surface area contributed by atoms with Crippen molar-refractivity contribution in [2.24, 2.45) is 0 Å². The predicted molar refractivity (Wildman–Crippen MR) is 130 cm³/mol. The minimum atomic E-state index is -0.433. The summed E-state index contributed by atoms with van der Waals surface area (Å²) in [7, 11) is 0. The van der Waals surface area contributed by atoms with Crippen LogP contribution in [0, 0.1) is 5.82 Å². The molecule has 3 aromatic rings. The number of para-hydroxylation sites is 2. The Morgan fingerprint density at radius 1 is 1.27 bits per heavy atom. The molecule has 9 heteroatoms. The molecule has 1 amide bonds. The largest absolute Gasteiger partial charge is 0.483 e. The third-order valence-electron chi connectivity index (χ3n) is 5.17. The van der Waals surface area contributed by atoms with Crippen LogP contribution in [0.5, 0.6) is 5.75 Å². The number of hydrogen-bond donors (Lipinski definition) is 0. The lowest BCUT2D eigenvalue weighted by Crippen LogP contribution is -2.33. The van der Waals surface area contributed by atoms with Crippen LogP contribution in [0.15, 0.2) is 71.2 Å². The summed E-state index contributed by atoms with van der Waals surface area (Å²) in [6.45, 7) is 7.19. The van der Waals surface area contributed by atoms with E-state index in [4.69, 9.17) is 4.74 Å². The third-order valence-corrected chi connectivity index (χ3v) is 7.36. The molecule has 0 saturated heterocycles. The second-order valence-corrected chi connectivity index (χ2v) is 9.96. The van der Waals surface area contributed by atoms with E-state index in [-0.39, 0.29) is 24.0 Å².